The summed E-state index contributed by atoms with van der Waals surface area (Å²) in [6, 6.07) is 11.7. The summed E-state index contributed by atoms with van der Waals surface area (Å²) in [6.07, 6.45) is 2.64. The van der Waals surface area contributed by atoms with Gasteiger partial charge in [-0.25, -0.2) is 8.42 Å². The van der Waals surface area contributed by atoms with Gasteiger partial charge in [0.05, 0.1) is 18.6 Å². The molecule has 0 spiro atoms. The van der Waals surface area contributed by atoms with Crippen LogP contribution in [0.4, 0.5) is 11.4 Å². The third-order valence-corrected chi connectivity index (χ3v) is 5.98. The summed E-state index contributed by atoms with van der Waals surface area (Å²) in [6.45, 7) is 8.03. The van der Waals surface area contributed by atoms with Crippen LogP contribution in [-0.2, 0) is 27.7 Å². The number of ether oxygens (including phenoxy) is 1. The molecule has 0 aliphatic heterocycles. The van der Waals surface area contributed by atoms with Gasteiger partial charge in [0, 0.05) is 5.69 Å². The topological polar surface area (TPSA) is 75.7 Å². The van der Waals surface area contributed by atoms with Crippen molar-refractivity contribution in [3.05, 3.63) is 53.6 Å². The van der Waals surface area contributed by atoms with E-state index in [9.17, 15) is 13.2 Å². The maximum Gasteiger partial charge on any atom is 0.248 e. The van der Waals surface area contributed by atoms with Crippen LogP contribution in [0.1, 0.15) is 38.8 Å². The Morgan fingerprint density at radius 3 is 2.03 bits per heavy atom. The van der Waals surface area contributed by atoms with Crippen LogP contribution in [0.25, 0.3) is 0 Å². The lowest BCUT2D eigenvalue weighted by Crippen LogP contribution is -2.45. The molecule has 1 atom stereocenters. The summed E-state index contributed by atoms with van der Waals surface area (Å²) in [4.78, 5) is 13.0. The molecule has 0 aliphatic carbocycles. The summed E-state index contributed by atoms with van der Waals surface area (Å²) < 4.78 is 31.6. The molecule has 6 nitrogen and oxygen atoms in total. The van der Waals surface area contributed by atoms with Crippen molar-refractivity contribution in [3.8, 4) is 5.75 Å². The highest BCUT2D eigenvalue weighted by Gasteiger charge is 2.29. The van der Waals surface area contributed by atoms with E-state index >= 15 is 0 Å². The van der Waals surface area contributed by atoms with E-state index in [-0.39, 0.29) is 5.91 Å². The van der Waals surface area contributed by atoms with Gasteiger partial charge < -0.3 is 10.1 Å². The van der Waals surface area contributed by atoms with Crippen LogP contribution in [0.2, 0.25) is 0 Å². The van der Waals surface area contributed by atoms with Gasteiger partial charge >= 0.3 is 0 Å². The summed E-state index contributed by atoms with van der Waals surface area (Å²) in [5.74, 6) is 0.270. The van der Waals surface area contributed by atoms with Crippen molar-refractivity contribution < 1.29 is 17.9 Å². The zero-order chi connectivity index (χ0) is 21.6. The predicted octanol–water partition coefficient (Wildman–Crippen LogP) is 4.00. The molecule has 158 valence electrons. The summed E-state index contributed by atoms with van der Waals surface area (Å²) in [5, 5.41) is 2.97. The number of anilines is 2. The Labute approximate surface area is 173 Å². The summed E-state index contributed by atoms with van der Waals surface area (Å²) in [5.41, 5.74) is 3.24. The molecule has 0 saturated heterocycles. The third kappa shape index (κ3) is 5.50. The number of carbonyl (C=O) groups is 1. The van der Waals surface area contributed by atoms with E-state index in [2.05, 4.69) is 5.32 Å². The summed E-state index contributed by atoms with van der Waals surface area (Å²) in [7, 11) is -3.68. The highest BCUT2D eigenvalue weighted by molar-refractivity contribution is 7.92. The van der Waals surface area contributed by atoms with Crippen molar-refractivity contribution in [2.45, 2.75) is 46.6 Å². The second kappa shape index (κ2) is 9.78. The van der Waals surface area contributed by atoms with Crippen LogP contribution in [0, 0.1) is 0 Å². The van der Waals surface area contributed by atoms with Gasteiger partial charge in [-0.2, -0.15) is 0 Å². The third-order valence-electron chi connectivity index (χ3n) is 4.74. The molecule has 0 saturated carbocycles. The standard InChI is InChI=1S/C22H30N2O4S/c1-6-17-10-9-11-18(7-2)21(17)23-22(25)16(4)24(29(5,26)27)19-12-14-20(15-13-19)28-8-3/h9-16H,6-8H2,1-5H3,(H,23,25)/t16-/m0/s1. The number of nitrogens with one attached hydrogen (secondary N) is 1. The molecule has 1 N–H and O–H groups in total. The fraction of sp³-hybridized carbons (Fsp3) is 0.409. The van der Waals surface area contributed by atoms with Crippen LogP contribution >= 0.6 is 0 Å². The number of sulfonamides is 1. The Kier molecular flexibility index (Phi) is 7.67. The van der Waals surface area contributed by atoms with Gasteiger partial charge in [0.1, 0.15) is 11.8 Å². The maximum atomic E-state index is 13.0. The van der Waals surface area contributed by atoms with E-state index in [4.69, 9.17) is 4.74 Å². The normalized spacial score (nSPS) is 12.3. The Morgan fingerprint density at radius 1 is 1.03 bits per heavy atom. The number of hydrogen-bond donors (Lipinski definition) is 1. The van der Waals surface area contributed by atoms with Crippen LogP contribution < -0.4 is 14.4 Å². The zero-order valence-corrected chi connectivity index (χ0v) is 18.5. The van der Waals surface area contributed by atoms with E-state index in [1.165, 1.54) is 0 Å². The number of rotatable bonds is 9. The average Bonchev–Trinajstić information content (AvgIpc) is 2.68. The maximum absolute atomic E-state index is 13.0. The second-order valence-corrected chi connectivity index (χ2v) is 8.67. The molecule has 2 rings (SSSR count). The van der Waals surface area contributed by atoms with E-state index < -0.39 is 16.1 Å². The minimum atomic E-state index is -3.68. The van der Waals surface area contributed by atoms with Gasteiger partial charge in [-0.3, -0.25) is 9.10 Å². The molecule has 0 unspecified atom stereocenters. The first-order chi connectivity index (χ1) is 13.7. The smallest absolute Gasteiger partial charge is 0.248 e. The Morgan fingerprint density at radius 2 is 1.59 bits per heavy atom. The van der Waals surface area contributed by atoms with Crippen LogP contribution in [0.5, 0.6) is 5.75 Å². The average molecular weight is 419 g/mol. The molecule has 29 heavy (non-hydrogen) atoms. The fourth-order valence-electron chi connectivity index (χ4n) is 3.30. The highest BCUT2D eigenvalue weighted by Crippen LogP contribution is 2.26. The van der Waals surface area contributed by atoms with Crippen LogP contribution in [-0.4, -0.2) is 33.2 Å². The van der Waals surface area contributed by atoms with Crippen LogP contribution in [0.15, 0.2) is 42.5 Å². The lowest BCUT2D eigenvalue weighted by atomic mass is 10.0. The molecule has 0 aliphatic rings. The second-order valence-electron chi connectivity index (χ2n) is 6.81. The first-order valence-electron chi connectivity index (χ1n) is 9.86. The van der Waals surface area contributed by atoms with Crippen molar-refractivity contribution in [3.63, 3.8) is 0 Å². The molecule has 0 fully saturated rings. The van der Waals surface area contributed by atoms with Gasteiger partial charge in [0.2, 0.25) is 15.9 Å². The molecule has 0 radical (unpaired) electrons. The molecular formula is C22H30N2O4S. The van der Waals surface area contributed by atoms with Gasteiger partial charge in [0.25, 0.3) is 0 Å². The predicted molar refractivity (Wildman–Crippen MR) is 118 cm³/mol. The molecule has 0 heterocycles. The van der Waals surface area contributed by atoms with Crippen LogP contribution in [0.3, 0.4) is 0 Å². The van der Waals surface area contributed by atoms with Crippen molar-refractivity contribution in [1.29, 1.82) is 0 Å². The van der Waals surface area contributed by atoms with Crippen molar-refractivity contribution in [2.75, 3.05) is 22.5 Å². The molecule has 7 heteroatoms. The Hall–Kier alpha value is -2.54. The quantitative estimate of drug-likeness (QED) is 0.668. The van der Waals surface area contributed by atoms with E-state index in [1.807, 2.05) is 39.0 Å². The number of nitrogens with zero attached hydrogens (tertiary/aromatic N) is 1. The lowest BCUT2D eigenvalue weighted by molar-refractivity contribution is -0.116. The minimum Gasteiger partial charge on any atom is -0.494 e. The fourth-order valence-corrected chi connectivity index (χ4v) is 4.47. The first-order valence-corrected chi connectivity index (χ1v) is 11.7. The first kappa shape index (κ1) is 22.7. The highest BCUT2D eigenvalue weighted by atomic mass is 32.2. The van der Waals surface area contributed by atoms with Gasteiger partial charge in [-0.05, 0) is 62.1 Å². The lowest BCUT2D eigenvalue weighted by Gasteiger charge is -2.29. The molecule has 0 bridgehead atoms. The number of benzene rings is 2. The monoisotopic (exact) mass is 418 g/mol. The van der Waals surface area contributed by atoms with Gasteiger partial charge in [-0.1, -0.05) is 32.0 Å². The Balaban J connectivity index is 2.35. The van der Waals surface area contributed by atoms with Crippen molar-refractivity contribution in [1.82, 2.24) is 0 Å². The number of hydrogen-bond acceptors (Lipinski definition) is 4. The Bertz CT molecular complexity index is 918. The molecule has 2 aromatic rings. The summed E-state index contributed by atoms with van der Waals surface area (Å²) >= 11 is 0. The molecule has 0 aromatic heterocycles. The number of aryl methyl sites for hydroxylation is 2. The number of carbonyl (C=O) groups excluding carboxylic acids is 1. The molecule has 2 aromatic carbocycles. The minimum absolute atomic E-state index is 0.375. The van der Waals surface area contributed by atoms with Crippen molar-refractivity contribution >= 4 is 27.3 Å². The van der Waals surface area contributed by atoms with E-state index in [0.29, 0.717) is 18.0 Å². The van der Waals surface area contributed by atoms with Gasteiger partial charge in [0.15, 0.2) is 0 Å². The zero-order valence-electron chi connectivity index (χ0n) is 17.7. The number of para-hydroxylation sites is 1. The SMILES string of the molecule is CCOc1ccc(N([C@@H](C)C(=O)Nc2c(CC)cccc2CC)S(C)(=O)=O)cc1. The van der Waals surface area contributed by atoms with E-state index in [1.54, 1.807) is 31.2 Å². The molecular weight excluding hydrogens is 388 g/mol. The number of amides is 1. The molecule has 1 amide bonds. The van der Waals surface area contributed by atoms with Gasteiger partial charge in [-0.15, -0.1) is 0 Å². The van der Waals surface area contributed by atoms with Crippen molar-refractivity contribution in [2.24, 2.45) is 0 Å². The van der Waals surface area contributed by atoms with E-state index in [0.717, 1.165) is 40.2 Å². The largest absolute Gasteiger partial charge is 0.494 e.